The SMILES string of the molecule is CC(O)(CNC1CC1)COC1CCC1. The van der Waals surface area contributed by atoms with Gasteiger partial charge < -0.3 is 15.2 Å². The van der Waals surface area contributed by atoms with Crippen LogP contribution in [0.2, 0.25) is 0 Å². The highest BCUT2D eigenvalue weighted by molar-refractivity contribution is 4.86. The van der Waals surface area contributed by atoms with Crippen molar-refractivity contribution in [1.29, 1.82) is 0 Å². The Labute approximate surface area is 85.8 Å². The second-order valence-electron chi connectivity index (χ2n) is 5.02. The highest BCUT2D eigenvalue weighted by Gasteiger charge is 2.28. The maximum atomic E-state index is 9.97. The molecule has 3 nitrogen and oxygen atoms in total. The zero-order valence-corrected chi connectivity index (χ0v) is 8.96. The van der Waals surface area contributed by atoms with E-state index in [4.69, 9.17) is 4.74 Å². The molecule has 0 aromatic carbocycles. The van der Waals surface area contributed by atoms with Crippen LogP contribution in [0.3, 0.4) is 0 Å². The Hall–Kier alpha value is -0.120. The van der Waals surface area contributed by atoms with Crippen LogP contribution in [-0.4, -0.2) is 36.0 Å². The molecule has 14 heavy (non-hydrogen) atoms. The van der Waals surface area contributed by atoms with Crippen molar-refractivity contribution in [2.45, 2.75) is 56.8 Å². The molecule has 1 atom stereocenters. The van der Waals surface area contributed by atoms with Crippen LogP contribution >= 0.6 is 0 Å². The number of ether oxygens (including phenoxy) is 1. The molecule has 2 rings (SSSR count). The van der Waals surface area contributed by atoms with E-state index in [1.165, 1.54) is 32.1 Å². The second kappa shape index (κ2) is 4.17. The van der Waals surface area contributed by atoms with E-state index >= 15 is 0 Å². The van der Waals surface area contributed by atoms with Gasteiger partial charge in [0, 0.05) is 12.6 Å². The summed E-state index contributed by atoms with van der Waals surface area (Å²) in [7, 11) is 0. The largest absolute Gasteiger partial charge is 0.386 e. The molecule has 3 heteroatoms. The van der Waals surface area contributed by atoms with Gasteiger partial charge in [-0.1, -0.05) is 0 Å². The van der Waals surface area contributed by atoms with Crippen molar-refractivity contribution in [2.75, 3.05) is 13.2 Å². The van der Waals surface area contributed by atoms with Crippen LogP contribution in [0.4, 0.5) is 0 Å². The van der Waals surface area contributed by atoms with E-state index in [2.05, 4.69) is 5.32 Å². The Kier molecular flexibility index (Phi) is 3.10. The van der Waals surface area contributed by atoms with Gasteiger partial charge in [-0.2, -0.15) is 0 Å². The molecule has 1 unspecified atom stereocenters. The summed E-state index contributed by atoms with van der Waals surface area (Å²) >= 11 is 0. The van der Waals surface area contributed by atoms with E-state index in [0.717, 1.165) is 0 Å². The molecular formula is C11H21NO2. The van der Waals surface area contributed by atoms with Gasteiger partial charge in [0.2, 0.25) is 0 Å². The summed E-state index contributed by atoms with van der Waals surface area (Å²) in [5, 5.41) is 13.3. The number of hydrogen-bond acceptors (Lipinski definition) is 3. The number of rotatable bonds is 6. The monoisotopic (exact) mass is 199 g/mol. The predicted octanol–water partition coefficient (Wildman–Crippen LogP) is 1.06. The van der Waals surface area contributed by atoms with Gasteiger partial charge in [-0.3, -0.25) is 0 Å². The lowest BCUT2D eigenvalue weighted by Crippen LogP contribution is -2.44. The molecule has 0 aromatic rings. The minimum atomic E-state index is -0.696. The molecule has 2 aliphatic rings. The normalized spacial score (nSPS) is 27.0. The highest BCUT2D eigenvalue weighted by atomic mass is 16.5. The third-order valence-electron chi connectivity index (χ3n) is 3.03. The molecule has 0 radical (unpaired) electrons. The van der Waals surface area contributed by atoms with Crippen LogP contribution in [0.25, 0.3) is 0 Å². The van der Waals surface area contributed by atoms with Crippen molar-refractivity contribution < 1.29 is 9.84 Å². The fraction of sp³-hybridized carbons (Fsp3) is 1.00. The second-order valence-corrected chi connectivity index (χ2v) is 5.02. The number of aliphatic hydroxyl groups is 1. The van der Waals surface area contributed by atoms with Crippen LogP contribution in [0.5, 0.6) is 0 Å². The zero-order chi connectivity index (χ0) is 10.0. The van der Waals surface area contributed by atoms with E-state index in [9.17, 15) is 5.11 Å². The first-order valence-corrected chi connectivity index (χ1v) is 5.73. The lowest BCUT2D eigenvalue weighted by Gasteiger charge is -2.30. The summed E-state index contributed by atoms with van der Waals surface area (Å²) < 4.78 is 5.61. The Morgan fingerprint density at radius 3 is 2.57 bits per heavy atom. The van der Waals surface area contributed by atoms with Gasteiger partial charge in [0.05, 0.1) is 18.3 Å². The lowest BCUT2D eigenvalue weighted by molar-refractivity contribution is -0.0827. The van der Waals surface area contributed by atoms with Crippen molar-refractivity contribution >= 4 is 0 Å². The molecule has 2 fully saturated rings. The predicted molar refractivity (Wildman–Crippen MR) is 55.2 cm³/mol. The third-order valence-corrected chi connectivity index (χ3v) is 3.03. The smallest absolute Gasteiger partial charge is 0.0975 e. The van der Waals surface area contributed by atoms with Gasteiger partial charge in [-0.15, -0.1) is 0 Å². The van der Waals surface area contributed by atoms with E-state index < -0.39 is 5.60 Å². The summed E-state index contributed by atoms with van der Waals surface area (Å²) in [5.74, 6) is 0. The van der Waals surface area contributed by atoms with Crippen molar-refractivity contribution in [3.8, 4) is 0 Å². The molecular weight excluding hydrogens is 178 g/mol. The van der Waals surface area contributed by atoms with Crippen molar-refractivity contribution in [3.05, 3.63) is 0 Å². The van der Waals surface area contributed by atoms with Crippen molar-refractivity contribution in [1.82, 2.24) is 5.32 Å². The fourth-order valence-electron chi connectivity index (χ4n) is 1.54. The number of hydrogen-bond donors (Lipinski definition) is 2. The quantitative estimate of drug-likeness (QED) is 0.672. The van der Waals surface area contributed by atoms with Gasteiger partial charge in [0.15, 0.2) is 0 Å². The molecule has 0 saturated heterocycles. The van der Waals surface area contributed by atoms with E-state index in [-0.39, 0.29) is 0 Å². The van der Waals surface area contributed by atoms with Crippen LogP contribution in [-0.2, 0) is 4.74 Å². The average Bonchev–Trinajstić information content (AvgIpc) is 2.80. The first-order chi connectivity index (χ1) is 6.66. The zero-order valence-electron chi connectivity index (χ0n) is 8.96. The maximum Gasteiger partial charge on any atom is 0.0975 e. The van der Waals surface area contributed by atoms with Crippen molar-refractivity contribution in [3.63, 3.8) is 0 Å². The minimum absolute atomic E-state index is 0.419. The first-order valence-electron chi connectivity index (χ1n) is 5.73. The van der Waals surface area contributed by atoms with Gasteiger partial charge in [0.1, 0.15) is 0 Å². The van der Waals surface area contributed by atoms with Crippen LogP contribution in [0.1, 0.15) is 39.0 Å². The molecule has 2 N–H and O–H groups in total. The maximum absolute atomic E-state index is 9.97. The topological polar surface area (TPSA) is 41.5 Å². The van der Waals surface area contributed by atoms with Crippen LogP contribution in [0.15, 0.2) is 0 Å². The molecule has 2 aliphatic carbocycles. The Morgan fingerprint density at radius 1 is 1.36 bits per heavy atom. The van der Waals surface area contributed by atoms with E-state index in [0.29, 0.717) is 25.3 Å². The van der Waals surface area contributed by atoms with Crippen molar-refractivity contribution in [2.24, 2.45) is 0 Å². The molecule has 0 heterocycles. The fourth-order valence-corrected chi connectivity index (χ4v) is 1.54. The van der Waals surface area contributed by atoms with E-state index in [1.807, 2.05) is 6.92 Å². The van der Waals surface area contributed by atoms with Crippen LogP contribution < -0.4 is 5.32 Å². The minimum Gasteiger partial charge on any atom is -0.386 e. The van der Waals surface area contributed by atoms with E-state index in [1.54, 1.807) is 0 Å². The standard InChI is InChI=1S/C11H21NO2/c1-11(13,7-12-9-5-6-9)8-14-10-3-2-4-10/h9-10,12-13H,2-8H2,1H3. The molecule has 0 amide bonds. The van der Waals surface area contributed by atoms with Crippen LogP contribution in [0, 0.1) is 0 Å². The molecule has 0 bridgehead atoms. The molecule has 82 valence electrons. The molecule has 0 aromatic heterocycles. The molecule has 0 spiro atoms. The number of nitrogens with one attached hydrogen (secondary N) is 1. The average molecular weight is 199 g/mol. The lowest BCUT2D eigenvalue weighted by atomic mass is 9.96. The van der Waals surface area contributed by atoms with Gasteiger partial charge in [-0.25, -0.2) is 0 Å². The summed E-state index contributed by atoms with van der Waals surface area (Å²) in [6.07, 6.45) is 6.58. The van der Waals surface area contributed by atoms with Gasteiger partial charge in [-0.05, 0) is 39.0 Å². The summed E-state index contributed by atoms with van der Waals surface area (Å²) in [6.45, 7) is 2.98. The Bertz CT molecular complexity index is 186. The summed E-state index contributed by atoms with van der Waals surface area (Å²) in [6, 6.07) is 0.658. The Balaban J connectivity index is 1.59. The summed E-state index contributed by atoms with van der Waals surface area (Å²) in [5.41, 5.74) is -0.696. The molecule has 0 aliphatic heterocycles. The Morgan fingerprint density at radius 2 is 2.07 bits per heavy atom. The van der Waals surface area contributed by atoms with Gasteiger partial charge in [0.25, 0.3) is 0 Å². The highest BCUT2D eigenvalue weighted by Crippen LogP contribution is 2.23. The first kappa shape index (κ1) is 10.4. The molecule has 2 saturated carbocycles. The van der Waals surface area contributed by atoms with Gasteiger partial charge >= 0.3 is 0 Å². The third kappa shape index (κ3) is 3.23. The summed E-state index contributed by atoms with van der Waals surface area (Å²) in [4.78, 5) is 0.